The average Bonchev–Trinajstić information content (AvgIpc) is 2.77. The van der Waals surface area contributed by atoms with Gasteiger partial charge in [0.05, 0.1) is 11.8 Å². The third-order valence-electron chi connectivity index (χ3n) is 4.50. The quantitative estimate of drug-likeness (QED) is 0.925. The Morgan fingerprint density at radius 1 is 1.50 bits per heavy atom. The zero-order valence-corrected chi connectivity index (χ0v) is 12.6. The number of hydrogen-bond acceptors (Lipinski definition) is 4. The molecule has 1 fully saturated rings. The van der Waals surface area contributed by atoms with Crippen LogP contribution in [0.4, 0.5) is 0 Å². The molecule has 0 amide bonds. The summed E-state index contributed by atoms with van der Waals surface area (Å²) in [5.74, 6) is 0. The molecule has 1 saturated carbocycles. The lowest BCUT2D eigenvalue weighted by atomic mass is 9.64. The van der Waals surface area contributed by atoms with Crippen molar-refractivity contribution in [3.63, 3.8) is 0 Å². The van der Waals surface area contributed by atoms with Crippen LogP contribution in [0.25, 0.3) is 5.65 Å². The summed E-state index contributed by atoms with van der Waals surface area (Å²) in [4.78, 5) is 4.43. The number of hydrogen-bond donors (Lipinski definition) is 1. The van der Waals surface area contributed by atoms with E-state index in [1.54, 1.807) is 7.11 Å². The number of nitrogens with one attached hydrogen (secondary N) is 1. The minimum Gasteiger partial charge on any atom is -0.381 e. The van der Waals surface area contributed by atoms with E-state index >= 15 is 0 Å². The summed E-state index contributed by atoms with van der Waals surface area (Å²) in [7, 11) is 1.79. The number of rotatable bonds is 4. The predicted octanol–water partition coefficient (Wildman–Crippen LogP) is 1.94. The highest BCUT2D eigenvalue weighted by Gasteiger charge is 2.48. The average molecular weight is 274 g/mol. The number of nitrogens with zero attached hydrogens (tertiary/aromatic N) is 3. The van der Waals surface area contributed by atoms with Crippen LogP contribution in [0.5, 0.6) is 0 Å². The van der Waals surface area contributed by atoms with Gasteiger partial charge < -0.3 is 10.1 Å². The van der Waals surface area contributed by atoms with Gasteiger partial charge in [-0.15, -0.1) is 0 Å². The Hall–Kier alpha value is -1.46. The summed E-state index contributed by atoms with van der Waals surface area (Å²) >= 11 is 0. The molecule has 0 bridgehead atoms. The van der Waals surface area contributed by atoms with Crippen LogP contribution >= 0.6 is 0 Å². The van der Waals surface area contributed by atoms with Crippen molar-refractivity contribution in [1.82, 2.24) is 19.9 Å². The van der Waals surface area contributed by atoms with E-state index in [1.807, 2.05) is 29.9 Å². The highest BCUT2D eigenvalue weighted by molar-refractivity contribution is 5.38. The van der Waals surface area contributed by atoms with Crippen LogP contribution in [0, 0.1) is 12.3 Å². The summed E-state index contributed by atoms with van der Waals surface area (Å²) in [5, 5.41) is 8.00. The van der Waals surface area contributed by atoms with Crippen LogP contribution in [0.15, 0.2) is 18.5 Å². The van der Waals surface area contributed by atoms with Crippen LogP contribution < -0.4 is 5.32 Å². The largest absolute Gasteiger partial charge is 0.381 e. The van der Waals surface area contributed by atoms with Gasteiger partial charge in [0.2, 0.25) is 0 Å². The normalized spacial score (nSPS) is 24.8. The maximum Gasteiger partial charge on any atom is 0.155 e. The first-order valence-electron chi connectivity index (χ1n) is 7.08. The van der Waals surface area contributed by atoms with E-state index in [-0.39, 0.29) is 5.41 Å². The van der Waals surface area contributed by atoms with Gasteiger partial charge in [-0.1, -0.05) is 13.8 Å². The lowest BCUT2D eigenvalue weighted by Gasteiger charge is -2.51. The molecule has 2 unspecified atom stereocenters. The van der Waals surface area contributed by atoms with Crippen molar-refractivity contribution >= 4 is 5.65 Å². The Labute approximate surface area is 119 Å². The SMILES string of the molecule is COC1CC(NCc2cnc3cc(C)nn3c2)C1(C)C. The first-order valence-corrected chi connectivity index (χ1v) is 7.08. The van der Waals surface area contributed by atoms with Crippen LogP contribution in [0.2, 0.25) is 0 Å². The fraction of sp³-hybridized carbons (Fsp3) is 0.600. The number of aryl methyl sites for hydroxylation is 1. The van der Waals surface area contributed by atoms with Crippen LogP contribution in [-0.2, 0) is 11.3 Å². The summed E-state index contributed by atoms with van der Waals surface area (Å²) in [6.45, 7) is 7.29. The van der Waals surface area contributed by atoms with Gasteiger partial charge in [-0.3, -0.25) is 0 Å². The predicted molar refractivity (Wildman–Crippen MR) is 77.5 cm³/mol. The van der Waals surface area contributed by atoms with E-state index in [1.165, 1.54) is 0 Å². The molecule has 0 radical (unpaired) electrons. The van der Waals surface area contributed by atoms with Gasteiger partial charge in [-0.2, -0.15) is 5.10 Å². The second kappa shape index (κ2) is 4.82. The van der Waals surface area contributed by atoms with Gasteiger partial charge >= 0.3 is 0 Å². The van der Waals surface area contributed by atoms with E-state index in [9.17, 15) is 0 Å². The van der Waals surface area contributed by atoms with E-state index in [4.69, 9.17) is 4.74 Å². The Morgan fingerprint density at radius 3 is 3.00 bits per heavy atom. The van der Waals surface area contributed by atoms with Crippen molar-refractivity contribution in [2.75, 3.05) is 7.11 Å². The molecule has 3 rings (SSSR count). The van der Waals surface area contributed by atoms with Gasteiger partial charge in [-0.25, -0.2) is 9.50 Å². The third-order valence-corrected chi connectivity index (χ3v) is 4.50. The first-order chi connectivity index (χ1) is 9.50. The Bertz CT molecular complexity index is 619. The summed E-state index contributed by atoms with van der Waals surface area (Å²) in [6, 6.07) is 2.47. The standard InChI is InChI=1S/C15H22N4O/c1-10-5-14-17-8-11(9-19(14)18-10)7-16-12-6-13(20-4)15(12,2)3/h5,8-9,12-13,16H,6-7H2,1-4H3. The van der Waals surface area contributed by atoms with Crippen molar-refractivity contribution in [1.29, 1.82) is 0 Å². The van der Waals surface area contributed by atoms with Crippen molar-refractivity contribution in [2.45, 2.75) is 45.9 Å². The fourth-order valence-corrected chi connectivity index (χ4v) is 3.00. The van der Waals surface area contributed by atoms with Gasteiger partial charge in [0.15, 0.2) is 5.65 Å². The minimum absolute atomic E-state index is 0.189. The lowest BCUT2D eigenvalue weighted by Crippen LogP contribution is -2.60. The fourth-order valence-electron chi connectivity index (χ4n) is 3.00. The van der Waals surface area contributed by atoms with E-state index in [0.717, 1.165) is 29.9 Å². The maximum atomic E-state index is 5.48. The zero-order valence-electron chi connectivity index (χ0n) is 12.6. The molecule has 108 valence electrons. The number of fused-ring (bicyclic) bond motifs is 1. The van der Waals surface area contributed by atoms with Gasteiger partial charge in [0.25, 0.3) is 0 Å². The molecule has 2 aromatic heterocycles. The number of ether oxygens (including phenoxy) is 1. The van der Waals surface area contributed by atoms with E-state index in [2.05, 4.69) is 29.2 Å². The molecule has 2 heterocycles. The van der Waals surface area contributed by atoms with Gasteiger partial charge in [-0.05, 0) is 13.3 Å². The molecule has 0 spiro atoms. The summed E-state index contributed by atoms with van der Waals surface area (Å²) < 4.78 is 7.32. The molecule has 1 aliphatic carbocycles. The Kier molecular flexibility index (Phi) is 3.26. The monoisotopic (exact) mass is 274 g/mol. The lowest BCUT2D eigenvalue weighted by molar-refractivity contribution is -0.0979. The van der Waals surface area contributed by atoms with Crippen LogP contribution in [-0.4, -0.2) is 33.9 Å². The second-order valence-corrected chi connectivity index (χ2v) is 6.27. The Balaban J connectivity index is 1.66. The molecule has 0 aliphatic heterocycles. The Morgan fingerprint density at radius 2 is 2.30 bits per heavy atom. The van der Waals surface area contributed by atoms with Gasteiger partial charge in [0.1, 0.15) is 0 Å². The number of aromatic nitrogens is 3. The molecule has 20 heavy (non-hydrogen) atoms. The molecular weight excluding hydrogens is 252 g/mol. The van der Waals surface area contributed by atoms with Gasteiger partial charge in [0, 0.05) is 49.1 Å². The minimum atomic E-state index is 0.189. The van der Waals surface area contributed by atoms with Crippen molar-refractivity contribution < 1.29 is 4.74 Å². The molecular formula is C15H22N4O. The highest BCUT2D eigenvalue weighted by atomic mass is 16.5. The smallest absolute Gasteiger partial charge is 0.155 e. The first kappa shape index (κ1) is 13.5. The molecule has 1 aliphatic rings. The molecule has 5 nitrogen and oxygen atoms in total. The summed E-state index contributed by atoms with van der Waals surface area (Å²) in [5.41, 5.74) is 3.23. The molecule has 2 aromatic rings. The highest BCUT2D eigenvalue weighted by Crippen LogP contribution is 2.42. The third kappa shape index (κ3) is 2.21. The van der Waals surface area contributed by atoms with Crippen LogP contribution in [0.3, 0.4) is 0 Å². The van der Waals surface area contributed by atoms with Crippen molar-refractivity contribution in [3.05, 3.63) is 29.7 Å². The van der Waals surface area contributed by atoms with Crippen molar-refractivity contribution in [3.8, 4) is 0 Å². The second-order valence-electron chi connectivity index (χ2n) is 6.27. The zero-order chi connectivity index (χ0) is 14.3. The molecule has 0 aromatic carbocycles. The van der Waals surface area contributed by atoms with E-state index < -0.39 is 0 Å². The van der Waals surface area contributed by atoms with E-state index in [0.29, 0.717) is 12.1 Å². The maximum absolute atomic E-state index is 5.48. The van der Waals surface area contributed by atoms with Crippen LogP contribution in [0.1, 0.15) is 31.5 Å². The molecule has 2 atom stereocenters. The summed E-state index contributed by atoms with van der Waals surface area (Å²) in [6.07, 6.45) is 5.39. The molecule has 0 saturated heterocycles. The molecule has 5 heteroatoms. The topological polar surface area (TPSA) is 51.5 Å². The number of methoxy groups -OCH3 is 1. The molecule has 1 N–H and O–H groups in total. The van der Waals surface area contributed by atoms with Crippen molar-refractivity contribution in [2.24, 2.45) is 5.41 Å².